The second kappa shape index (κ2) is 10.7. The van der Waals surface area contributed by atoms with E-state index in [1.54, 1.807) is 30.3 Å². The van der Waals surface area contributed by atoms with E-state index in [1.165, 1.54) is 0 Å². The Hall–Kier alpha value is -3.23. The highest BCUT2D eigenvalue weighted by Crippen LogP contribution is 2.23. The molecule has 0 aromatic heterocycles. The van der Waals surface area contributed by atoms with Gasteiger partial charge in [-0.05, 0) is 60.6 Å². The molecule has 0 heterocycles. The van der Waals surface area contributed by atoms with Crippen LogP contribution in [0.1, 0.15) is 27.6 Å². The van der Waals surface area contributed by atoms with Crippen molar-refractivity contribution in [2.45, 2.75) is 6.92 Å². The highest BCUT2D eigenvalue weighted by molar-refractivity contribution is 9.10. The molecule has 8 heteroatoms. The molecule has 0 fully saturated rings. The van der Waals surface area contributed by atoms with Crippen molar-refractivity contribution < 1.29 is 14.3 Å². The van der Waals surface area contributed by atoms with Crippen molar-refractivity contribution in [2.75, 3.05) is 6.61 Å². The number of thiocarbonyl (C=S) groups is 1. The maximum Gasteiger partial charge on any atom is 0.269 e. The minimum atomic E-state index is -0.455. The molecule has 0 aliphatic rings. The van der Waals surface area contributed by atoms with Crippen LogP contribution in [-0.2, 0) is 0 Å². The summed E-state index contributed by atoms with van der Waals surface area (Å²) in [6.45, 7) is 2.25. The Bertz CT molecular complexity index is 1090. The minimum Gasteiger partial charge on any atom is -0.493 e. The van der Waals surface area contributed by atoms with Gasteiger partial charge in [0.05, 0.1) is 12.2 Å². The molecule has 3 N–H and O–H groups in total. The second-order valence-corrected chi connectivity index (χ2v) is 7.70. The predicted molar refractivity (Wildman–Crippen MR) is 128 cm³/mol. The van der Waals surface area contributed by atoms with Gasteiger partial charge in [0.25, 0.3) is 11.8 Å². The third kappa shape index (κ3) is 6.13. The van der Waals surface area contributed by atoms with E-state index in [4.69, 9.17) is 17.0 Å². The van der Waals surface area contributed by atoms with Crippen molar-refractivity contribution in [2.24, 2.45) is 0 Å². The van der Waals surface area contributed by atoms with Crippen molar-refractivity contribution in [3.8, 4) is 16.9 Å². The smallest absolute Gasteiger partial charge is 0.269 e. The second-order valence-electron chi connectivity index (χ2n) is 6.38. The fourth-order valence-corrected chi connectivity index (χ4v) is 3.30. The monoisotopic (exact) mass is 497 g/mol. The third-order valence-electron chi connectivity index (χ3n) is 4.26. The van der Waals surface area contributed by atoms with E-state index in [9.17, 15) is 9.59 Å². The molecular formula is C23H20BrN3O3S. The summed E-state index contributed by atoms with van der Waals surface area (Å²) in [6.07, 6.45) is 0. The Labute approximate surface area is 194 Å². The van der Waals surface area contributed by atoms with Crippen LogP contribution in [-0.4, -0.2) is 23.5 Å². The maximum absolute atomic E-state index is 12.5. The standard InChI is InChI=1S/C23H20BrN3O3S/c1-2-30-20-13-12-18(24)14-19(20)22(29)25-23(31)27-26-21(28)17-10-8-16(9-11-17)15-6-4-3-5-7-15/h3-14H,2H2,1H3,(H,26,28)(H2,25,27,29,31). The van der Waals surface area contributed by atoms with Crippen LogP contribution in [0.3, 0.4) is 0 Å². The molecule has 0 aliphatic heterocycles. The van der Waals surface area contributed by atoms with Crippen LogP contribution < -0.4 is 20.9 Å². The lowest BCUT2D eigenvalue weighted by molar-refractivity contribution is 0.0933. The summed E-state index contributed by atoms with van der Waals surface area (Å²) >= 11 is 8.45. The molecule has 0 spiro atoms. The summed E-state index contributed by atoms with van der Waals surface area (Å²) in [5.74, 6) is -0.397. The van der Waals surface area contributed by atoms with E-state index in [0.29, 0.717) is 23.5 Å². The van der Waals surface area contributed by atoms with Crippen molar-refractivity contribution in [3.63, 3.8) is 0 Å². The van der Waals surface area contributed by atoms with Crippen molar-refractivity contribution in [3.05, 3.63) is 88.4 Å². The summed E-state index contributed by atoms with van der Waals surface area (Å²) in [6, 6.07) is 22.2. The Kier molecular flexibility index (Phi) is 7.75. The number of nitrogens with one attached hydrogen (secondary N) is 3. The number of rotatable bonds is 5. The molecule has 3 aromatic rings. The van der Waals surface area contributed by atoms with Gasteiger partial charge in [-0.1, -0.05) is 58.4 Å². The van der Waals surface area contributed by atoms with E-state index in [0.717, 1.165) is 15.6 Å². The molecule has 0 saturated heterocycles. The Morgan fingerprint density at radius 1 is 0.903 bits per heavy atom. The average molecular weight is 498 g/mol. The van der Waals surface area contributed by atoms with Crippen LogP contribution in [0.5, 0.6) is 5.75 Å². The SMILES string of the molecule is CCOc1ccc(Br)cc1C(=O)NC(=S)NNC(=O)c1ccc(-c2ccccc2)cc1. The molecule has 0 unspecified atom stereocenters. The summed E-state index contributed by atoms with van der Waals surface area (Å²) in [7, 11) is 0. The van der Waals surface area contributed by atoms with Gasteiger partial charge in [-0.2, -0.15) is 0 Å². The summed E-state index contributed by atoms with van der Waals surface area (Å²) < 4.78 is 6.21. The first-order valence-electron chi connectivity index (χ1n) is 9.47. The average Bonchev–Trinajstić information content (AvgIpc) is 2.79. The Morgan fingerprint density at radius 2 is 1.58 bits per heavy atom. The van der Waals surface area contributed by atoms with E-state index >= 15 is 0 Å². The summed E-state index contributed by atoms with van der Waals surface area (Å²) in [5, 5.41) is 2.49. The molecule has 158 valence electrons. The molecule has 3 aromatic carbocycles. The molecule has 0 atom stereocenters. The van der Waals surface area contributed by atoms with Gasteiger partial charge in [-0.25, -0.2) is 0 Å². The van der Waals surface area contributed by atoms with Crippen LogP contribution in [0.4, 0.5) is 0 Å². The number of carbonyl (C=O) groups excluding carboxylic acids is 2. The van der Waals surface area contributed by atoms with Gasteiger partial charge in [0.15, 0.2) is 5.11 Å². The number of hydrogen-bond donors (Lipinski definition) is 3. The van der Waals surface area contributed by atoms with Gasteiger partial charge in [0.1, 0.15) is 5.75 Å². The Morgan fingerprint density at radius 3 is 2.26 bits per heavy atom. The van der Waals surface area contributed by atoms with Crippen molar-refractivity contribution in [1.82, 2.24) is 16.2 Å². The fraction of sp³-hybridized carbons (Fsp3) is 0.0870. The van der Waals surface area contributed by atoms with Crippen molar-refractivity contribution in [1.29, 1.82) is 0 Å². The lowest BCUT2D eigenvalue weighted by Gasteiger charge is -2.13. The van der Waals surface area contributed by atoms with Gasteiger partial charge in [0, 0.05) is 10.0 Å². The molecule has 6 nitrogen and oxygen atoms in total. The lowest BCUT2D eigenvalue weighted by atomic mass is 10.0. The highest BCUT2D eigenvalue weighted by Gasteiger charge is 2.15. The van der Waals surface area contributed by atoms with Crippen LogP contribution in [0.15, 0.2) is 77.3 Å². The number of benzene rings is 3. The van der Waals surface area contributed by atoms with E-state index in [1.807, 2.05) is 49.4 Å². The van der Waals surface area contributed by atoms with Gasteiger partial charge in [0.2, 0.25) is 0 Å². The van der Waals surface area contributed by atoms with Gasteiger partial charge in [-0.15, -0.1) is 0 Å². The van der Waals surface area contributed by atoms with Gasteiger partial charge < -0.3 is 4.74 Å². The third-order valence-corrected chi connectivity index (χ3v) is 4.95. The number of halogens is 1. The van der Waals surface area contributed by atoms with Crippen LogP contribution in [0, 0.1) is 0 Å². The van der Waals surface area contributed by atoms with Crippen LogP contribution >= 0.6 is 28.1 Å². The Balaban J connectivity index is 1.56. The molecule has 3 rings (SSSR count). The molecule has 0 aliphatic carbocycles. The normalized spacial score (nSPS) is 10.1. The molecule has 2 amide bonds. The largest absolute Gasteiger partial charge is 0.493 e. The zero-order chi connectivity index (χ0) is 22.2. The topological polar surface area (TPSA) is 79.5 Å². The van der Waals surface area contributed by atoms with E-state index < -0.39 is 5.91 Å². The molecule has 0 bridgehead atoms. The van der Waals surface area contributed by atoms with Gasteiger partial charge in [-0.3, -0.25) is 25.8 Å². The van der Waals surface area contributed by atoms with Crippen LogP contribution in [0.2, 0.25) is 0 Å². The quantitative estimate of drug-likeness (QED) is 0.358. The first-order valence-corrected chi connectivity index (χ1v) is 10.7. The molecular weight excluding hydrogens is 478 g/mol. The first-order chi connectivity index (χ1) is 15.0. The fourth-order valence-electron chi connectivity index (χ4n) is 2.79. The van der Waals surface area contributed by atoms with E-state index in [-0.39, 0.29) is 11.0 Å². The zero-order valence-electron chi connectivity index (χ0n) is 16.6. The summed E-state index contributed by atoms with van der Waals surface area (Å²) in [5.41, 5.74) is 7.87. The number of hydrazine groups is 1. The highest BCUT2D eigenvalue weighted by atomic mass is 79.9. The van der Waals surface area contributed by atoms with Crippen LogP contribution in [0.25, 0.3) is 11.1 Å². The molecule has 31 heavy (non-hydrogen) atoms. The predicted octanol–water partition coefficient (Wildman–Crippen LogP) is 4.46. The zero-order valence-corrected chi connectivity index (χ0v) is 19.0. The van der Waals surface area contributed by atoms with Gasteiger partial charge >= 0.3 is 0 Å². The maximum atomic E-state index is 12.5. The number of hydrogen-bond acceptors (Lipinski definition) is 4. The first kappa shape index (κ1) is 22.5. The van der Waals surface area contributed by atoms with Crippen molar-refractivity contribution >= 4 is 45.1 Å². The lowest BCUT2D eigenvalue weighted by Crippen LogP contribution is -2.48. The number of carbonyl (C=O) groups is 2. The van der Waals surface area contributed by atoms with E-state index in [2.05, 4.69) is 32.1 Å². The summed E-state index contributed by atoms with van der Waals surface area (Å²) in [4.78, 5) is 24.9. The molecule has 0 radical (unpaired) electrons. The molecule has 0 saturated carbocycles. The minimum absolute atomic E-state index is 0.0401. The number of ether oxygens (including phenoxy) is 1. The number of amides is 2.